The van der Waals surface area contributed by atoms with Crippen molar-refractivity contribution in [2.75, 3.05) is 5.32 Å². The number of hydrogen-bond donors (Lipinski definition) is 1. The Kier molecular flexibility index (Phi) is 3.72. The van der Waals surface area contributed by atoms with Crippen molar-refractivity contribution >= 4 is 5.69 Å². The summed E-state index contributed by atoms with van der Waals surface area (Å²) in [6.45, 7) is 5.38. The lowest BCUT2D eigenvalue weighted by Gasteiger charge is -2.31. The Morgan fingerprint density at radius 2 is 2.20 bits per heavy atom. The number of anilines is 1. The van der Waals surface area contributed by atoms with Crippen molar-refractivity contribution in [3.8, 4) is 0 Å². The van der Waals surface area contributed by atoms with E-state index in [9.17, 15) is 0 Å². The molecule has 0 fully saturated rings. The average molecular weight is 270 g/mol. The van der Waals surface area contributed by atoms with Gasteiger partial charge in [0.15, 0.2) is 0 Å². The van der Waals surface area contributed by atoms with E-state index in [0.29, 0.717) is 12.0 Å². The third kappa shape index (κ3) is 2.55. The Morgan fingerprint density at radius 1 is 1.35 bits per heavy atom. The van der Waals surface area contributed by atoms with Gasteiger partial charge >= 0.3 is 0 Å². The molecule has 0 spiro atoms. The zero-order valence-electron chi connectivity index (χ0n) is 12.2. The maximum absolute atomic E-state index is 4.46. The maximum Gasteiger partial charge on any atom is 0.138 e. The van der Waals surface area contributed by atoms with Gasteiger partial charge in [-0.1, -0.05) is 25.1 Å². The summed E-state index contributed by atoms with van der Waals surface area (Å²) in [6, 6.07) is 9.15. The molecule has 2 heterocycles. The summed E-state index contributed by atoms with van der Waals surface area (Å²) in [5, 5.41) is 7.90. The SMILES string of the molecule is CCCn1ncnc1CC1CC(C)Nc2ccccc21. The smallest absolute Gasteiger partial charge is 0.138 e. The zero-order chi connectivity index (χ0) is 13.9. The molecule has 1 N–H and O–H groups in total. The predicted octanol–water partition coefficient (Wildman–Crippen LogP) is 3.22. The second kappa shape index (κ2) is 5.65. The summed E-state index contributed by atoms with van der Waals surface area (Å²) < 4.78 is 2.05. The molecule has 1 aromatic heterocycles. The van der Waals surface area contributed by atoms with Crippen molar-refractivity contribution in [2.45, 2.75) is 51.6 Å². The van der Waals surface area contributed by atoms with Gasteiger partial charge in [-0.05, 0) is 37.3 Å². The summed E-state index contributed by atoms with van der Waals surface area (Å²) in [5.74, 6) is 1.64. The summed E-state index contributed by atoms with van der Waals surface area (Å²) in [7, 11) is 0. The molecule has 4 nitrogen and oxygen atoms in total. The van der Waals surface area contributed by atoms with Crippen LogP contribution in [0.4, 0.5) is 5.69 Å². The third-order valence-electron chi connectivity index (χ3n) is 4.00. The number of aromatic nitrogens is 3. The first-order valence-corrected chi connectivity index (χ1v) is 7.50. The van der Waals surface area contributed by atoms with Crippen LogP contribution in [0, 0.1) is 0 Å². The number of aryl methyl sites for hydroxylation is 1. The van der Waals surface area contributed by atoms with Crippen LogP contribution < -0.4 is 5.32 Å². The highest BCUT2D eigenvalue weighted by molar-refractivity contribution is 5.55. The van der Waals surface area contributed by atoms with E-state index >= 15 is 0 Å². The molecule has 0 aliphatic carbocycles. The van der Waals surface area contributed by atoms with Gasteiger partial charge in [0.2, 0.25) is 0 Å². The Labute approximate surface area is 120 Å². The van der Waals surface area contributed by atoms with Crippen LogP contribution in [-0.4, -0.2) is 20.8 Å². The molecule has 20 heavy (non-hydrogen) atoms. The molecule has 2 unspecified atom stereocenters. The molecule has 2 aromatic rings. The lowest BCUT2D eigenvalue weighted by atomic mass is 9.85. The highest BCUT2D eigenvalue weighted by Gasteiger charge is 2.25. The van der Waals surface area contributed by atoms with Gasteiger partial charge < -0.3 is 5.32 Å². The highest BCUT2D eigenvalue weighted by Crippen LogP contribution is 2.35. The fourth-order valence-corrected chi connectivity index (χ4v) is 3.12. The van der Waals surface area contributed by atoms with Gasteiger partial charge in [0.05, 0.1) is 0 Å². The van der Waals surface area contributed by atoms with Crippen LogP contribution in [0.25, 0.3) is 0 Å². The zero-order valence-corrected chi connectivity index (χ0v) is 12.2. The molecule has 106 valence electrons. The largest absolute Gasteiger partial charge is 0.382 e. The molecule has 0 amide bonds. The monoisotopic (exact) mass is 270 g/mol. The van der Waals surface area contributed by atoms with Gasteiger partial charge in [-0.15, -0.1) is 0 Å². The van der Waals surface area contributed by atoms with Gasteiger partial charge in [0.25, 0.3) is 0 Å². The van der Waals surface area contributed by atoms with Crippen molar-refractivity contribution < 1.29 is 0 Å². The lowest BCUT2D eigenvalue weighted by molar-refractivity contribution is 0.504. The topological polar surface area (TPSA) is 42.7 Å². The van der Waals surface area contributed by atoms with E-state index in [0.717, 1.165) is 31.6 Å². The Hall–Kier alpha value is -1.84. The number of benzene rings is 1. The standard InChI is InChI=1S/C16H22N4/c1-3-8-20-16(17-11-18-20)10-13-9-12(2)19-15-7-5-4-6-14(13)15/h4-7,11-13,19H,3,8-10H2,1-2H3. The first kappa shape index (κ1) is 13.2. The molecular formula is C16H22N4. The second-order valence-electron chi connectivity index (χ2n) is 5.67. The van der Waals surface area contributed by atoms with Crippen LogP contribution in [0.1, 0.15) is 44.0 Å². The quantitative estimate of drug-likeness (QED) is 0.927. The van der Waals surface area contributed by atoms with Gasteiger partial charge in [0.1, 0.15) is 12.2 Å². The minimum Gasteiger partial charge on any atom is -0.382 e. The van der Waals surface area contributed by atoms with Gasteiger partial charge in [-0.2, -0.15) is 5.10 Å². The first-order valence-electron chi connectivity index (χ1n) is 7.50. The Morgan fingerprint density at radius 3 is 3.05 bits per heavy atom. The van der Waals surface area contributed by atoms with Crippen LogP contribution in [0.15, 0.2) is 30.6 Å². The summed E-state index contributed by atoms with van der Waals surface area (Å²) >= 11 is 0. The van der Waals surface area contributed by atoms with E-state index in [-0.39, 0.29) is 0 Å². The third-order valence-corrected chi connectivity index (χ3v) is 4.00. The molecule has 1 aliphatic heterocycles. The van der Waals surface area contributed by atoms with Crippen molar-refractivity contribution in [1.82, 2.24) is 14.8 Å². The van der Waals surface area contributed by atoms with Crippen LogP contribution in [-0.2, 0) is 13.0 Å². The Bertz CT molecular complexity index is 575. The molecular weight excluding hydrogens is 248 g/mol. The van der Waals surface area contributed by atoms with Gasteiger partial charge in [-0.3, -0.25) is 4.68 Å². The number of para-hydroxylation sites is 1. The molecule has 0 saturated heterocycles. The maximum atomic E-state index is 4.46. The number of fused-ring (bicyclic) bond motifs is 1. The molecule has 1 aromatic carbocycles. The minimum absolute atomic E-state index is 0.512. The van der Waals surface area contributed by atoms with Gasteiger partial charge in [0, 0.05) is 24.7 Å². The molecule has 2 atom stereocenters. The number of hydrogen-bond acceptors (Lipinski definition) is 3. The van der Waals surface area contributed by atoms with Gasteiger partial charge in [-0.25, -0.2) is 4.98 Å². The second-order valence-corrected chi connectivity index (χ2v) is 5.67. The number of nitrogens with zero attached hydrogens (tertiary/aromatic N) is 3. The van der Waals surface area contributed by atoms with Crippen LogP contribution in [0.2, 0.25) is 0 Å². The fourth-order valence-electron chi connectivity index (χ4n) is 3.12. The molecule has 0 saturated carbocycles. The predicted molar refractivity (Wildman–Crippen MR) is 80.9 cm³/mol. The molecule has 1 aliphatic rings. The van der Waals surface area contributed by atoms with E-state index < -0.39 is 0 Å². The van der Waals surface area contributed by atoms with E-state index in [4.69, 9.17) is 0 Å². The fraction of sp³-hybridized carbons (Fsp3) is 0.500. The van der Waals surface area contributed by atoms with Crippen LogP contribution >= 0.6 is 0 Å². The highest BCUT2D eigenvalue weighted by atomic mass is 15.3. The number of rotatable bonds is 4. The minimum atomic E-state index is 0.512. The molecule has 4 heteroatoms. The van der Waals surface area contributed by atoms with E-state index in [1.807, 2.05) is 0 Å². The first-order chi connectivity index (χ1) is 9.78. The van der Waals surface area contributed by atoms with Crippen molar-refractivity contribution in [2.24, 2.45) is 0 Å². The van der Waals surface area contributed by atoms with Crippen LogP contribution in [0.5, 0.6) is 0 Å². The normalized spacial score (nSPS) is 21.3. The molecule has 3 rings (SSSR count). The van der Waals surface area contributed by atoms with E-state index in [1.165, 1.54) is 11.3 Å². The summed E-state index contributed by atoms with van der Waals surface area (Å²) in [4.78, 5) is 4.46. The summed E-state index contributed by atoms with van der Waals surface area (Å²) in [6.07, 6.45) is 4.90. The van der Waals surface area contributed by atoms with E-state index in [2.05, 4.69) is 58.2 Å². The summed E-state index contributed by atoms with van der Waals surface area (Å²) in [5.41, 5.74) is 2.69. The molecule has 0 radical (unpaired) electrons. The average Bonchev–Trinajstić information content (AvgIpc) is 2.86. The van der Waals surface area contributed by atoms with Crippen molar-refractivity contribution in [1.29, 1.82) is 0 Å². The lowest BCUT2D eigenvalue weighted by Crippen LogP contribution is -2.27. The van der Waals surface area contributed by atoms with E-state index in [1.54, 1.807) is 6.33 Å². The van der Waals surface area contributed by atoms with Crippen LogP contribution in [0.3, 0.4) is 0 Å². The Balaban J connectivity index is 1.85. The molecule has 0 bridgehead atoms. The van der Waals surface area contributed by atoms with Crippen molar-refractivity contribution in [3.63, 3.8) is 0 Å². The van der Waals surface area contributed by atoms with Crippen molar-refractivity contribution in [3.05, 3.63) is 42.0 Å². The number of nitrogens with one attached hydrogen (secondary N) is 1.